The Labute approximate surface area is 85.0 Å². The largest absolute Gasteiger partial charge is 0.473 e. The van der Waals surface area contributed by atoms with Gasteiger partial charge in [-0.3, -0.25) is 0 Å². The third kappa shape index (κ3) is 2.69. The number of allylic oxidation sites excluding steroid dienone is 1. The first-order valence-electron chi connectivity index (χ1n) is 3.75. The molecule has 0 aliphatic rings. The van der Waals surface area contributed by atoms with Gasteiger partial charge in [0.15, 0.2) is 0 Å². The summed E-state index contributed by atoms with van der Waals surface area (Å²) in [5.74, 6) is 0.844. The first-order chi connectivity index (χ1) is 6.25. The number of anilines is 1. The monoisotopic (exact) mass is 243 g/mol. The minimum absolute atomic E-state index is 0.380. The van der Waals surface area contributed by atoms with E-state index in [9.17, 15) is 0 Å². The Hall–Kier alpha value is -1.10. The van der Waals surface area contributed by atoms with Crippen molar-refractivity contribution in [3.05, 3.63) is 23.0 Å². The van der Waals surface area contributed by atoms with Crippen molar-refractivity contribution in [3.63, 3.8) is 0 Å². The van der Waals surface area contributed by atoms with E-state index >= 15 is 0 Å². The fourth-order valence-electron chi connectivity index (χ4n) is 0.690. The van der Waals surface area contributed by atoms with Crippen molar-refractivity contribution in [2.75, 3.05) is 12.3 Å². The minimum atomic E-state index is 0.380. The smallest absolute Gasteiger partial charge is 0.233 e. The van der Waals surface area contributed by atoms with Crippen LogP contribution >= 0.6 is 15.9 Å². The number of hydrogen-bond donors (Lipinski definition) is 1. The number of halogens is 1. The van der Waals surface area contributed by atoms with E-state index < -0.39 is 0 Å². The van der Waals surface area contributed by atoms with Crippen LogP contribution in [0.5, 0.6) is 5.88 Å². The van der Waals surface area contributed by atoms with Gasteiger partial charge in [-0.2, -0.15) is 0 Å². The first-order valence-corrected chi connectivity index (χ1v) is 4.55. The van der Waals surface area contributed by atoms with Crippen molar-refractivity contribution in [3.8, 4) is 5.88 Å². The quantitative estimate of drug-likeness (QED) is 0.823. The van der Waals surface area contributed by atoms with Crippen LogP contribution in [0.2, 0.25) is 0 Å². The fourth-order valence-corrected chi connectivity index (χ4v) is 1.01. The van der Waals surface area contributed by atoms with Gasteiger partial charge in [-0.15, -0.1) is 0 Å². The molecule has 13 heavy (non-hydrogen) atoms. The van der Waals surface area contributed by atoms with E-state index in [0.29, 0.717) is 22.8 Å². The van der Waals surface area contributed by atoms with Gasteiger partial charge in [-0.05, 0) is 22.9 Å². The molecular weight excluding hydrogens is 234 g/mol. The van der Waals surface area contributed by atoms with Crippen LogP contribution in [0.3, 0.4) is 0 Å². The van der Waals surface area contributed by atoms with E-state index in [2.05, 4.69) is 25.9 Å². The molecule has 0 saturated heterocycles. The number of ether oxygens (including phenoxy) is 1. The van der Waals surface area contributed by atoms with Gasteiger partial charge < -0.3 is 10.5 Å². The lowest BCUT2D eigenvalue weighted by atomic mass is 10.5. The Kier molecular flexibility index (Phi) is 3.70. The molecule has 0 spiro atoms. The lowest BCUT2D eigenvalue weighted by Crippen LogP contribution is -2.00. The maximum Gasteiger partial charge on any atom is 0.233 e. The van der Waals surface area contributed by atoms with E-state index in [1.807, 2.05) is 19.1 Å². The lowest BCUT2D eigenvalue weighted by Gasteiger charge is -2.04. The Morgan fingerprint density at radius 2 is 2.38 bits per heavy atom. The molecule has 70 valence electrons. The van der Waals surface area contributed by atoms with Gasteiger partial charge in [-0.1, -0.05) is 12.2 Å². The fraction of sp³-hybridized carbons (Fsp3) is 0.250. The van der Waals surface area contributed by atoms with Gasteiger partial charge in [0.25, 0.3) is 0 Å². The van der Waals surface area contributed by atoms with Crippen LogP contribution in [0.4, 0.5) is 5.82 Å². The third-order valence-electron chi connectivity index (χ3n) is 1.34. The molecule has 0 aliphatic heterocycles. The standard InChI is InChI=1S/C8H10BrN3O/c1-2-3-4-13-8-6(9)7(10)11-5-12-8/h2-3,5H,4H2,1H3,(H2,10,11,12)/b3-2+. The maximum atomic E-state index is 5.53. The lowest BCUT2D eigenvalue weighted by molar-refractivity contribution is 0.345. The van der Waals surface area contributed by atoms with Crippen LogP contribution in [0.1, 0.15) is 6.92 Å². The summed E-state index contributed by atoms with van der Waals surface area (Å²) in [6.07, 6.45) is 5.15. The molecule has 1 aromatic heterocycles. The molecule has 0 saturated carbocycles. The van der Waals surface area contributed by atoms with Crippen molar-refractivity contribution in [1.82, 2.24) is 9.97 Å². The summed E-state index contributed by atoms with van der Waals surface area (Å²) in [7, 11) is 0. The molecule has 5 heteroatoms. The highest BCUT2D eigenvalue weighted by Crippen LogP contribution is 2.25. The second kappa shape index (κ2) is 4.81. The number of rotatable bonds is 3. The molecule has 0 atom stereocenters. The second-order valence-electron chi connectivity index (χ2n) is 2.26. The maximum absolute atomic E-state index is 5.53. The first kappa shape index (κ1) is 9.98. The predicted molar refractivity (Wildman–Crippen MR) is 54.5 cm³/mol. The number of aromatic nitrogens is 2. The van der Waals surface area contributed by atoms with E-state index in [1.165, 1.54) is 6.33 Å². The number of nitrogen functional groups attached to an aromatic ring is 1. The summed E-state index contributed by atoms with van der Waals surface area (Å²) in [6.45, 7) is 2.40. The van der Waals surface area contributed by atoms with Crippen molar-refractivity contribution >= 4 is 21.7 Å². The van der Waals surface area contributed by atoms with Crippen LogP contribution < -0.4 is 10.5 Å². The Balaban J connectivity index is 2.71. The number of hydrogen-bond acceptors (Lipinski definition) is 4. The van der Waals surface area contributed by atoms with E-state index in [1.54, 1.807) is 0 Å². The van der Waals surface area contributed by atoms with Gasteiger partial charge in [0, 0.05) is 0 Å². The van der Waals surface area contributed by atoms with Crippen molar-refractivity contribution in [1.29, 1.82) is 0 Å². The van der Waals surface area contributed by atoms with Crippen LogP contribution in [0.15, 0.2) is 23.0 Å². The van der Waals surface area contributed by atoms with Crippen LogP contribution in [-0.2, 0) is 0 Å². The predicted octanol–water partition coefficient (Wildman–Crippen LogP) is 1.78. The SMILES string of the molecule is C/C=C/COc1ncnc(N)c1Br. The average Bonchev–Trinajstić information content (AvgIpc) is 2.13. The van der Waals surface area contributed by atoms with E-state index in [4.69, 9.17) is 10.5 Å². The summed E-state index contributed by atoms with van der Waals surface area (Å²) >= 11 is 3.23. The molecule has 0 amide bonds. The topological polar surface area (TPSA) is 61.0 Å². The van der Waals surface area contributed by atoms with E-state index in [-0.39, 0.29) is 0 Å². The number of nitrogens with zero attached hydrogens (tertiary/aromatic N) is 2. The van der Waals surface area contributed by atoms with Gasteiger partial charge in [0.05, 0.1) is 0 Å². The summed E-state index contributed by atoms with van der Waals surface area (Å²) in [5, 5.41) is 0. The van der Waals surface area contributed by atoms with Crippen molar-refractivity contribution in [2.45, 2.75) is 6.92 Å². The average molecular weight is 244 g/mol. The van der Waals surface area contributed by atoms with E-state index in [0.717, 1.165) is 0 Å². The molecular formula is C8H10BrN3O. The summed E-state index contributed by atoms with van der Waals surface area (Å²) in [6, 6.07) is 0. The zero-order valence-corrected chi connectivity index (χ0v) is 8.78. The molecule has 1 aromatic rings. The number of nitrogens with two attached hydrogens (primary N) is 1. The molecule has 0 aromatic carbocycles. The zero-order chi connectivity index (χ0) is 9.68. The highest BCUT2D eigenvalue weighted by molar-refractivity contribution is 9.10. The summed E-state index contributed by atoms with van der Waals surface area (Å²) in [5.41, 5.74) is 5.53. The van der Waals surface area contributed by atoms with Crippen LogP contribution in [0, 0.1) is 0 Å². The molecule has 0 fully saturated rings. The molecule has 0 aliphatic carbocycles. The normalized spacial score (nSPS) is 10.6. The van der Waals surface area contributed by atoms with Crippen LogP contribution in [0.25, 0.3) is 0 Å². The molecule has 4 nitrogen and oxygen atoms in total. The third-order valence-corrected chi connectivity index (χ3v) is 2.08. The molecule has 0 unspecified atom stereocenters. The van der Waals surface area contributed by atoms with Crippen molar-refractivity contribution < 1.29 is 4.74 Å². The Bertz CT molecular complexity index is 314. The zero-order valence-electron chi connectivity index (χ0n) is 7.20. The van der Waals surface area contributed by atoms with Gasteiger partial charge in [0.2, 0.25) is 5.88 Å². The Morgan fingerprint density at radius 1 is 1.62 bits per heavy atom. The molecule has 0 radical (unpaired) electrons. The second-order valence-corrected chi connectivity index (χ2v) is 3.05. The van der Waals surface area contributed by atoms with Crippen LogP contribution in [-0.4, -0.2) is 16.6 Å². The highest BCUT2D eigenvalue weighted by atomic mass is 79.9. The Morgan fingerprint density at radius 3 is 3.08 bits per heavy atom. The molecule has 0 bridgehead atoms. The van der Waals surface area contributed by atoms with Crippen molar-refractivity contribution in [2.24, 2.45) is 0 Å². The molecule has 1 heterocycles. The van der Waals surface area contributed by atoms with Gasteiger partial charge >= 0.3 is 0 Å². The van der Waals surface area contributed by atoms with Gasteiger partial charge in [-0.25, -0.2) is 9.97 Å². The molecule has 1 rings (SSSR count). The highest BCUT2D eigenvalue weighted by Gasteiger charge is 2.05. The minimum Gasteiger partial charge on any atom is -0.473 e. The van der Waals surface area contributed by atoms with Gasteiger partial charge in [0.1, 0.15) is 23.2 Å². The summed E-state index contributed by atoms with van der Waals surface area (Å²) < 4.78 is 5.89. The molecule has 2 N–H and O–H groups in total. The summed E-state index contributed by atoms with van der Waals surface area (Å²) in [4.78, 5) is 7.71.